The Hall–Kier alpha value is -4.47. The van der Waals surface area contributed by atoms with Crippen LogP contribution in [0.25, 0.3) is 0 Å². The van der Waals surface area contributed by atoms with Gasteiger partial charge >= 0.3 is 17.9 Å². The van der Waals surface area contributed by atoms with E-state index < -0.39 is 17.9 Å². The van der Waals surface area contributed by atoms with E-state index in [2.05, 4.69) is 0 Å². The fourth-order valence-corrected chi connectivity index (χ4v) is 4.81. The van der Waals surface area contributed by atoms with Gasteiger partial charge in [0.15, 0.2) is 23.0 Å². The number of ether oxygens (including phenoxy) is 6. The van der Waals surface area contributed by atoms with Crippen LogP contribution >= 0.6 is 0 Å². The maximum absolute atomic E-state index is 11.7. The average molecular weight is 638 g/mol. The fraction of sp³-hybridized carbons (Fsp3) is 0.500. The molecule has 0 aliphatic rings. The second-order valence-corrected chi connectivity index (χ2v) is 9.95. The van der Waals surface area contributed by atoms with E-state index in [9.17, 15) is 29.7 Å². The van der Waals surface area contributed by atoms with Crippen LogP contribution in [0.2, 0.25) is 0 Å². The molecule has 0 bridgehead atoms. The summed E-state index contributed by atoms with van der Waals surface area (Å²) >= 11 is 0. The summed E-state index contributed by atoms with van der Waals surface area (Å²) < 4.78 is 32.3. The van der Waals surface area contributed by atoms with Gasteiger partial charge in [0.05, 0.1) is 62.3 Å². The third-order valence-corrected chi connectivity index (χ3v) is 6.80. The molecule has 250 valence electrons. The van der Waals surface area contributed by atoms with Crippen molar-refractivity contribution < 1.29 is 58.1 Å². The van der Waals surface area contributed by atoms with Crippen LogP contribution in [0, 0.1) is 0 Å². The van der Waals surface area contributed by atoms with Gasteiger partial charge in [0.1, 0.15) is 0 Å². The molecule has 0 amide bonds. The first-order valence-electron chi connectivity index (χ1n) is 13.9. The van der Waals surface area contributed by atoms with Gasteiger partial charge in [-0.3, -0.25) is 29.1 Å². The Morgan fingerprint density at radius 2 is 0.756 bits per heavy atom. The highest BCUT2D eigenvalue weighted by molar-refractivity contribution is 5.70. The summed E-state index contributed by atoms with van der Waals surface area (Å²) in [4.78, 5) is 40.0. The number of aliphatic carboxylic acids is 3. The monoisotopic (exact) mass is 637 g/mol. The molecule has 0 saturated carbocycles. The highest BCUT2D eigenvalue weighted by Crippen LogP contribution is 2.39. The lowest BCUT2D eigenvalue weighted by molar-refractivity contribution is -0.140. The summed E-state index contributed by atoms with van der Waals surface area (Å²) in [5, 5.41) is 28.7. The maximum Gasteiger partial charge on any atom is 0.317 e. The van der Waals surface area contributed by atoms with Crippen molar-refractivity contribution in [3.8, 4) is 34.5 Å². The molecule has 3 N–H and O–H groups in total. The van der Waals surface area contributed by atoms with Crippen LogP contribution in [0.3, 0.4) is 0 Å². The summed E-state index contributed by atoms with van der Waals surface area (Å²) in [6, 6.07) is 6.88. The summed E-state index contributed by atoms with van der Waals surface area (Å²) in [5.74, 6) is -0.701. The van der Waals surface area contributed by atoms with Crippen molar-refractivity contribution in [2.24, 2.45) is 0 Å². The summed E-state index contributed by atoms with van der Waals surface area (Å²) in [5.41, 5.74) is 1.40. The highest BCUT2D eigenvalue weighted by Gasteiger charge is 2.21. The molecule has 0 aliphatic heterocycles. The smallest absolute Gasteiger partial charge is 0.317 e. The quantitative estimate of drug-likeness (QED) is 0.169. The van der Waals surface area contributed by atoms with Gasteiger partial charge in [0.25, 0.3) is 0 Å². The molecule has 0 fully saturated rings. The minimum Gasteiger partial charge on any atom is -0.493 e. The second kappa shape index (κ2) is 18.4. The number of carboxylic acid groups (broad SMARTS) is 3. The van der Waals surface area contributed by atoms with Gasteiger partial charge in [0, 0.05) is 39.3 Å². The fourth-order valence-electron chi connectivity index (χ4n) is 4.81. The Bertz CT molecular complexity index is 1150. The third kappa shape index (κ3) is 11.5. The second-order valence-electron chi connectivity index (χ2n) is 9.95. The van der Waals surface area contributed by atoms with E-state index in [1.807, 2.05) is 0 Å². The van der Waals surface area contributed by atoms with Crippen molar-refractivity contribution >= 4 is 17.9 Å². The van der Waals surface area contributed by atoms with E-state index in [0.717, 1.165) is 0 Å². The molecular weight excluding hydrogens is 594 g/mol. The molecule has 45 heavy (non-hydrogen) atoms. The maximum atomic E-state index is 11.7. The molecule has 15 heteroatoms. The van der Waals surface area contributed by atoms with E-state index in [1.165, 1.54) is 42.7 Å². The number of carbonyl (C=O) groups is 3. The van der Waals surface area contributed by atoms with Crippen molar-refractivity contribution in [1.82, 2.24) is 14.7 Å². The average Bonchev–Trinajstić information content (AvgIpc) is 3.00. The number of hydrogen-bond donors (Lipinski definition) is 3. The molecule has 0 spiro atoms. The molecule has 15 nitrogen and oxygen atoms in total. The zero-order valence-electron chi connectivity index (χ0n) is 26.5. The van der Waals surface area contributed by atoms with Crippen LogP contribution in [-0.2, 0) is 27.5 Å². The minimum atomic E-state index is -1.07. The molecular formula is C30H43N3O12. The number of benzene rings is 2. The standard InChI is InChI=1S/C30H43N3O12/c1-40-22-11-20(12-23(41-2)29(22)44-5)15-32(18-27(36)37)9-7-31(17-26(34)35)8-10-33(19-28(38)39)16-21-13-24(42-3)30(45-6)25(14-21)43-4/h11-14H,7-10,15-19H2,1-6H3,(H,34,35)(H,36,37)(H,38,39). The summed E-state index contributed by atoms with van der Waals surface area (Å²) in [6.45, 7) is 0.310. The molecule has 0 saturated heterocycles. The molecule has 0 radical (unpaired) electrons. The lowest BCUT2D eigenvalue weighted by atomic mass is 10.1. The van der Waals surface area contributed by atoms with Crippen LogP contribution in [0.4, 0.5) is 0 Å². The zero-order chi connectivity index (χ0) is 33.5. The van der Waals surface area contributed by atoms with Crippen LogP contribution < -0.4 is 28.4 Å². The zero-order valence-corrected chi connectivity index (χ0v) is 26.5. The van der Waals surface area contributed by atoms with Crippen LogP contribution in [0.5, 0.6) is 34.5 Å². The van der Waals surface area contributed by atoms with Crippen molar-refractivity contribution in [3.63, 3.8) is 0 Å². The molecule has 0 atom stereocenters. The molecule has 0 unspecified atom stereocenters. The van der Waals surface area contributed by atoms with E-state index in [1.54, 1.807) is 39.0 Å². The van der Waals surface area contributed by atoms with E-state index in [-0.39, 0.29) is 58.9 Å². The van der Waals surface area contributed by atoms with Gasteiger partial charge < -0.3 is 43.7 Å². The van der Waals surface area contributed by atoms with Crippen LogP contribution in [-0.4, -0.2) is 136 Å². The number of rotatable bonds is 22. The van der Waals surface area contributed by atoms with E-state index >= 15 is 0 Å². The largest absolute Gasteiger partial charge is 0.493 e. The predicted molar refractivity (Wildman–Crippen MR) is 162 cm³/mol. The topological polar surface area (TPSA) is 177 Å². The molecule has 2 aromatic carbocycles. The first-order chi connectivity index (χ1) is 21.5. The number of hydrogen-bond acceptors (Lipinski definition) is 12. The number of methoxy groups -OCH3 is 6. The predicted octanol–water partition coefficient (Wildman–Crippen LogP) is 1.60. The molecule has 0 heterocycles. The van der Waals surface area contributed by atoms with Gasteiger partial charge in [-0.25, -0.2) is 0 Å². The van der Waals surface area contributed by atoms with Gasteiger partial charge in [-0.05, 0) is 35.4 Å². The van der Waals surface area contributed by atoms with E-state index in [4.69, 9.17) is 28.4 Å². The van der Waals surface area contributed by atoms with Crippen LogP contribution in [0.1, 0.15) is 11.1 Å². The number of nitrogens with zero attached hydrogens (tertiary/aromatic N) is 3. The Morgan fingerprint density at radius 3 is 1.00 bits per heavy atom. The van der Waals surface area contributed by atoms with Crippen molar-refractivity contribution in [2.45, 2.75) is 13.1 Å². The highest BCUT2D eigenvalue weighted by atomic mass is 16.5. The lowest BCUT2D eigenvalue weighted by Gasteiger charge is -2.28. The first-order valence-corrected chi connectivity index (χ1v) is 13.9. The van der Waals surface area contributed by atoms with Gasteiger partial charge in [-0.1, -0.05) is 0 Å². The van der Waals surface area contributed by atoms with Gasteiger partial charge in [-0.15, -0.1) is 0 Å². The van der Waals surface area contributed by atoms with Crippen molar-refractivity contribution in [1.29, 1.82) is 0 Å². The minimum absolute atomic E-state index is 0.203. The Balaban J connectivity index is 2.22. The van der Waals surface area contributed by atoms with Crippen LogP contribution in [0.15, 0.2) is 24.3 Å². The molecule has 2 rings (SSSR count). The lowest BCUT2D eigenvalue weighted by Crippen LogP contribution is -2.43. The summed E-state index contributed by atoms with van der Waals surface area (Å²) in [7, 11) is 8.89. The molecule has 2 aromatic rings. The molecule has 0 aromatic heterocycles. The van der Waals surface area contributed by atoms with E-state index in [0.29, 0.717) is 45.6 Å². The van der Waals surface area contributed by atoms with Crippen molar-refractivity contribution in [3.05, 3.63) is 35.4 Å². The first kappa shape index (κ1) is 36.7. The summed E-state index contributed by atoms with van der Waals surface area (Å²) in [6.07, 6.45) is 0. The van der Waals surface area contributed by atoms with Crippen molar-refractivity contribution in [2.75, 3.05) is 88.5 Å². The van der Waals surface area contributed by atoms with Gasteiger partial charge in [-0.2, -0.15) is 0 Å². The Labute approximate surface area is 262 Å². The SMILES string of the molecule is COc1cc(CN(CCN(CCN(CC(=O)O)Cc2cc(OC)c(OC)c(OC)c2)CC(=O)O)CC(=O)O)cc(OC)c1OC. The third-order valence-electron chi connectivity index (χ3n) is 6.80. The number of carboxylic acids is 3. The Morgan fingerprint density at radius 1 is 0.489 bits per heavy atom. The normalized spacial score (nSPS) is 11.0. The van der Waals surface area contributed by atoms with Gasteiger partial charge in [0.2, 0.25) is 11.5 Å². The molecule has 0 aliphatic carbocycles. The Kier molecular flexibility index (Phi) is 15.0.